The average Bonchev–Trinajstić information content (AvgIpc) is 2.76. The van der Waals surface area contributed by atoms with Gasteiger partial charge in [0.05, 0.1) is 6.42 Å². The Morgan fingerprint density at radius 1 is 0.821 bits per heavy atom. The number of carbonyl (C=O) groups is 1. The lowest BCUT2D eigenvalue weighted by atomic mass is 9.79. The molecule has 2 aliphatic rings. The molecule has 0 aromatic heterocycles. The molecule has 2 aromatic rings. The van der Waals surface area contributed by atoms with Crippen LogP contribution in [0.5, 0.6) is 0 Å². The molecule has 0 aliphatic carbocycles. The third-order valence-corrected chi connectivity index (χ3v) is 6.56. The van der Waals surface area contributed by atoms with E-state index >= 15 is 0 Å². The summed E-state index contributed by atoms with van der Waals surface area (Å²) < 4.78 is 0. The maximum atomic E-state index is 12.7. The Morgan fingerprint density at radius 2 is 1.39 bits per heavy atom. The Labute approximate surface area is 168 Å². The van der Waals surface area contributed by atoms with Gasteiger partial charge in [-0.25, -0.2) is 0 Å². The van der Waals surface area contributed by atoms with E-state index < -0.39 is 0 Å². The first-order valence-electron chi connectivity index (χ1n) is 10.5. The zero-order valence-electron chi connectivity index (χ0n) is 16.9. The van der Waals surface area contributed by atoms with Gasteiger partial charge in [0.1, 0.15) is 0 Å². The predicted octanol–water partition coefficient (Wildman–Crippen LogP) is 2.99. The molecule has 0 N–H and O–H groups in total. The summed E-state index contributed by atoms with van der Waals surface area (Å²) >= 11 is 0. The molecule has 4 heteroatoms. The van der Waals surface area contributed by atoms with E-state index in [0.29, 0.717) is 6.42 Å². The minimum Gasteiger partial charge on any atom is -0.340 e. The zero-order valence-corrected chi connectivity index (χ0v) is 16.9. The average molecular weight is 378 g/mol. The molecule has 0 saturated carbocycles. The van der Waals surface area contributed by atoms with Crippen molar-refractivity contribution in [2.75, 3.05) is 46.3 Å². The summed E-state index contributed by atoms with van der Waals surface area (Å²) in [7, 11) is 2.22. The summed E-state index contributed by atoms with van der Waals surface area (Å²) in [5.41, 5.74) is 2.65. The SMILES string of the molecule is CN1CCC(c2ccccc2)(N2CCN(C(=O)Cc3ccccc3)CC2)CC1. The predicted molar refractivity (Wildman–Crippen MR) is 113 cm³/mol. The molecule has 0 radical (unpaired) electrons. The van der Waals surface area contributed by atoms with Crippen LogP contribution in [0.15, 0.2) is 60.7 Å². The van der Waals surface area contributed by atoms with Crippen LogP contribution in [-0.4, -0.2) is 66.9 Å². The van der Waals surface area contributed by atoms with Crippen molar-refractivity contribution >= 4 is 5.91 Å². The summed E-state index contributed by atoms with van der Waals surface area (Å²) in [6, 6.07) is 21.1. The maximum Gasteiger partial charge on any atom is 0.227 e. The second-order valence-electron chi connectivity index (χ2n) is 8.23. The van der Waals surface area contributed by atoms with E-state index in [9.17, 15) is 4.79 Å². The molecular formula is C24H31N3O. The molecule has 2 saturated heterocycles. The molecule has 0 unspecified atom stereocenters. The summed E-state index contributed by atoms with van der Waals surface area (Å²) in [6.07, 6.45) is 2.83. The lowest BCUT2D eigenvalue weighted by Crippen LogP contribution is -2.59. The number of hydrogen-bond donors (Lipinski definition) is 0. The van der Waals surface area contributed by atoms with E-state index in [1.807, 2.05) is 30.3 Å². The Balaban J connectivity index is 1.44. The zero-order chi connectivity index (χ0) is 19.4. The van der Waals surface area contributed by atoms with Gasteiger partial charge in [-0.05, 0) is 44.1 Å². The highest BCUT2D eigenvalue weighted by Gasteiger charge is 2.42. The Bertz CT molecular complexity index is 761. The van der Waals surface area contributed by atoms with Gasteiger partial charge >= 0.3 is 0 Å². The number of likely N-dealkylation sites (tertiary alicyclic amines) is 1. The van der Waals surface area contributed by atoms with Crippen LogP contribution in [0.2, 0.25) is 0 Å². The fourth-order valence-electron chi connectivity index (χ4n) is 4.79. The molecule has 4 rings (SSSR count). The number of rotatable bonds is 4. The van der Waals surface area contributed by atoms with Gasteiger partial charge < -0.3 is 9.80 Å². The lowest BCUT2D eigenvalue weighted by Gasteiger charge is -2.51. The first-order valence-corrected chi connectivity index (χ1v) is 10.5. The van der Waals surface area contributed by atoms with Crippen molar-refractivity contribution < 1.29 is 4.79 Å². The smallest absolute Gasteiger partial charge is 0.227 e. The Kier molecular flexibility index (Phi) is 5.79. The number of piperazine rings is 1. The topological polar surface area (TPSA) is 26.8 Å². The number of piperidine rings is 1. The third kappa shape index (κ3) is 3.98. The molecule has 2 aromatic carbocycles. The molecular weight excluding hydrogens is 346 g/mol. The van der Waals surface area contributed by atoms with Crippen LogP contribution in [-0.2, 0) is 16.8 Å². The molecule has 2 fully saturated rings. The van der Waals surface area contributed by atoms with Gasteiger partial charge in [-0.15, -0.1) is 0 Å². The van der Waals surface area contributed by atoms with Crippen molar-refractivity contribution in [3.63, 3.8) is 0 Å². The van der Waals surface area contributed by atoms with Crippen molar-refractivity contribution in [2.24, 2.45) is 0 Å². The van der Waals surface area contributed by atoms with Crippen LogP contribution in [0.3, 0.4) is 0 Å². The summed E-state index contributed by atoms with van der Waals surface area (Å²) in [4.78, 5) is 19.9. The standard InChI is InChI=1S/C24H31N3O/c1-25-14-12-24(13-15-25,22-10-6-3-7-11-22)27-18-16-26(17-19-27)23(28)20-21-8-4-2-5-9-21/h2-11H,12-20H2,1H3. The van der Waals surface area contributed by atoms with Gasteiger partial charge in [-0.1, -0.05) is 60.7 Å². The van der Waals surface area contributed by atoms with E-state index in [2.05, 4.69) is 52.1 Å². The molecule has 1 amide bonds. The van der Waals surface area contributed by atoms with Crippen LogP contribution in [0.25, 0.3) is 0 Å². The fraction of sp³-hybridized carbons (Fsp3) is 0.458. The number of amides is 1. The van der Waals surface area contributed by atoms with Crippen LogP contribution in [0.1, 0.15) is 24.0 Å². The van der Waals surface area contributed by atoms with Gasteiger partial charge in [-0.3, -0.25) is 9.69 Å². The first kappa shape index (κ1) is 19.2. The van der Waals surface area contributed by atoms with E-state index in [4.69, 9.17) is 0 Å². The normalized spacial score (nSPS) is 20.8. The summed E-state index contributed by atoms with van der Waals surface area (Å²) in [5, 5.41) is 0. The van der Waals surface area contributed by atoms with E-state index in [-0.39, 0.29) is 11.4 Å². The largest absolute Gasteiger partial charge is 0.340 e. The highest BCUT2D eigenvalue weighted by atomic mass is 16.2. The molecule has 0 spiro atoms. The van der Waals surface area contributed by atoms with E-state index in [1.165, 1.54) is 5.56 Å². The van der Waals surface area contributed by atoms with Crippen LogP contribution < -0.4 is 0 Å². The highest BCUT2D eigenvalue weighted by molar-refractivity contribution is 5.78. The van der Waals surface area contributed by atoms with Crippen molar-refractivity contribution in [3.05, 3.63) is 71.8 Å². The molecule has 28 heavy (non-hydrogen) atoms. The van der Waals surface area contributed by atoms with E-state index in [1.54, 1.807) is 0 Å². The van der Waals surface area contributed by atoms with Crippen LogP contribution >= 0.6 is 0 Å². The van der Waals surface area contributed by atoms with Gasteiger partial charge in [0, 0.05) is 31.7 Å². The van der Waals surface area contributed by atoms with Gasteiger partial charge in [0.2, 0.25) is 5.91 Å². The summed E-state index contributed by atoms with van der Waals surface area (Å²) in [6.45, 7) is 5.83. The maximum absolute atomic E-state index is 12.7. The van der Waals surface area contributed by atoms with Gasteiger partial charge in [0.25, 0.3) is 0 Å². The molecule has 0 bridgehead atoms. The van der Waals surface area contributed by atoms with Gasteiger partial charge in [0.15, 0.2) is 0 Å². The molecule has 2 aliphatic heterocycles. The van der Waals surface area contributed by atoms with Crippen molar-refractivity contribution in [2.45, 2.75) is 24.8 Å². The quantitative estimate of drug-likeness (QED) is 0.820. The number of hydrogen-bond acceptors (Lipinski definition) is 3. The number of benzene rings is 2. The number of carbonyl (C=O) groups excluding carboxylic acids is 1. The monoisotopic (exact) mass is 377 g/mol. The molecule has 4 nitrogen and oxygen atoms in total. The minimum atomic E-state index is 0.113. The third-order valence-electron chi connectivity index (χ3n) is 6.56. The van der Waals surface area contributed by atoms with Crippen molar-refractivity contribution in [1.29, 1.82) is 0 Å². The highest BCUT2D eigenvalue weighted by Crippen LogP contribution is 2.39. The van der Waals surface area contributed by atoms with Crippen LogP contribution in [0, 0.1) is 0 Å². The first-order chi connectivity index (χ1) is 13.7. The lowest BCUT2D eigenvalue weighted by molar-refractivity contribution is -0.133. The van der Waals surface area contributed by atoms with Crippen molar-refractivity contribution in [3.8, 4) is 0 Å². The number of nitrogens with zero attached hydrogens (tertiary/aromatic N) is 3. The second kappa shape index (κ2) is 8.46. The van der Waals surface area contributed by atoms with Crippen molar-refractivity contribution in [1.82, 2.24) is 14.7 Å². The Hall–Kier alpha value is -2.17. The molecule has 0 atom stereocenters. The molecule has 2 heterocycles. The summed E-state index contributed by atoms with van der Waals surface area (Å²) in [5.74, 6) is 0.253. The fourth-order valence-corrected chi connectivity index (χ4v) is 4.79. The Morgan fingerprint density at radius 3 is 2.00 bits per heavy atom. The van der Waals surface area contributed by atoms with E-state index in [0.717, 1.165) is 57.7 Å². The molecule has 148 valence electrons. The second-order valence-corrected chi connectivity index (χ2v) is 8.23. The van der Waals surface area contributed by atoms with Crippen LogP contribution in [0.4, 0.5) is 0 Å². The van der Waals surface area contributed by atoms with Gasteiger partial charge in [-0.2, -0.15) is 0 Å². The minimum absolute atomic E-state index is 0.113.